The molecule has 0 spiro atoms. The van der Waals surface area contributed by atoms with Crippen molar-refractivity contribution in [2.45, 2.75) is 32.4 Å². The molecule has 0 saturated heterocycles. The molecule has 7 heteroatoms. The minimum Gasteiger partial charge on any atom is -0.370 e. The Morgan fingerprint density at radius 1 is 1.26 bits per heavy atom. The van der Waals surface area contributed by atoms with E-state index in [2.05, 4.69) is 20.0 Å². The minimum atomic E-state index is -4.28. The van der Waals surface area contributed by atoms with Crippen molar-refractivity contribution in [2.75, 3.05) is 25.1 Å². The Hall–Kier alpha value is -1.37. The van der Waals surface area contributed by atoms with E-state index in [-0.39, 0.29) is 18.6 Å². The summed E-state index contributed by atoms with van der Waals surface area (Å²) in [5.74, 6) is 1.25. The first-order valence-corrected chi connectivity index (χ1v) is 5.90. The zero-order valence-electron chi connectivity index (χ0n) is 11.2. The first-order chi connectivity index (χ1) is 8.68. The van der Waals surface area contributed by atoms with E-state index >= 15 is 0 Å². The first kappa shape index (κ1) is 15.7. The number of hydrogen-bond acceptors (Lipinski definition) is 4. The van der Waals surface area contributed by atoms with Crippen LogP contribution in [0.2, 0.25) is 0 Å². The maximum atomic E-state index is 11.8. The van der Waals surface area contributed by atoms with Gasteiger partial charge in [-0.1, -0.05) is 20.8 Å². The average Bonchev–Trinajstić information content (AvgIpc) is 2.26. The van der Waals surface area contributed by atoms with Gasteiger partial charge in [0.25, 0.3) is 0 Å². The highest BCUT2D eigenvalue weighted by atomic mass is 19.4. The van der Waals surface area contributed by atoms with Crippen molar-refractivity contribution in [3.63, 3.8) is 0 Å². The number of rotatable bonds is 5. The molecule has 0 bridgehead atoms. The third-order valence-corrected chi connectivity index (χ3v) is 2.14. The van der Waals surface area contributed by atoms with Crippen molar-refractivity contribution in [2.24, 2.45) is 0 Å². The fraction of sp³-hybridized carbons (Fsp3) is 0.667. The second kappa shape index (κ2) is 6.18. The number of anilines is 1. The van der Waals surface area contributed by atoms with E-state index in [1.54, 1.807) is 12.3 Å². The Morgan fingerprint density at radius 3 is 2.53 bits per heavy atom. The topological polar surface area (TPSA) is 47.0 Å². The molecular formula is C12H18F3N3O. The van der Waals surface area contributed by atoms with Crippen molar-refractivity contribution in [1.82, 2.24) is 9.97 Å². The van der Waals surface area contributed by atoms with Gasteiger partial charge in [0.1, 0.15) is 18.2 Å². The highest BCUT2D eigenvalue weighted by Crippen LogP contribution is 2.18. The molecule has 0 saturated carbocycles. The summed E-state index contributed by atoms with van der Waals surface area (Å²) < 4.78 is 40.0. The van der Waals surface area contributed by atoms with Crippen LogP contribution in [0.25, 0.3) is 0 Å². The molecule has 0 atom stereocenters. The van der Waals surface area contributed by atoms with Crippen LogP contribution >= 0.6 is 0 Å². The fourth-order valence-corrected chi connectivity index (χ4v) is 1.26. The molecule has 1 rings (SSSR count). The number of alkyl halides is 3. The second-order valence-electron chi connectivity index (χ2n) is 5.11. The summed E-state index contributed by atoms with van der Waals surface area (Å²) >= 11 is 0. The van der Waals surface area contributed by atoms with Crippen LogP contribution in [0.3, 0.4) is 0 Å². The summed E-state index contributed by atoms with van der Waals surface area (Å²) in [5, 5.41) is 2.90. The highest BCUT2D eigenvalue weighted by molar-refractivity contribution is 5.33. The SMILES string of the molecule is CC(C)(C)c1nccc(NCCOCC(F)(F)F)n1. The Kier molecular flexibility index (Phi) is 5.11. The monoisotopic (exact) mass is 277 g/mol. The van der Waals surface area contributed by atoms with E-state index in [0.717, 1.165) is 0 Å². The van der Waals surface area contributed by atoms with E-state index in [4.69, 9.17) is 0 Å². The minimum absolute atomic E-state index is 0.0334. The summed E-state index contributed by atoms with van der Waals surface area (Å²) in [6.07, 6.45) is -2.67. The summed E-state index contributed by atoms with van der Waals surface area (Å²) in [6.45, 7) is 4.95. The third kappa shape index (κ3) is 6.37. The van der Waals surface area contributed by atoms with Crippen LogP contribution in [0, 0.1) is 0 Å². The lowest BCUT2D eigenvalue weighted by Gasteiger charge is -2.17. The molecule has 0 amide bonds. The standard InChI is InChI=1S/C12H18F3N3O/c1-11(2,3)10-17-5-4-9(18-10)16-6-7-19-8-12(13,14)15/h4-5H,6-8H2,1-3H3,(H,16,17,18). The smallest absolute Gasteiger partial charge is 0.370 e. The molecule has 0 aliphatic carbocycles. The summed E-state index contributed by atoms with van der Waals surface area (Å²) in [6, 6.07) is 1.67. The fourth-order valence-electron chi connectivity index (χ4n) is 1.26. The largest absolute Gasteiger partial charge is 0.411 e. The lowest BCUT2D eigenvalue weighted by atomic mass is 9.96. The van der Waals surface area contributed by atoms with Gasteiger partial charge in [-0.05, 0) is 6.07 Å². The lowest BCUT2D eigenvalue weighted by molar-refractivity contribution is -0.172. The van der Waals surface area contributed by atoms with Crippen LogP contribution in [0.5, 0.6) is 0 Å². The number of ether oxygens (including phenoxy) is 1. The number of hydrogen-bond donors (Lipinski definition) is 1. The van der Waals surface area contributed by atoms with Crippen LogP contribution in [0.4, 0.5) is 19.0 Å². The van der Waals surface area contributed by atoms with E-state index in [1.165, 1.54) is 0 Å². The predicted molar refractivity (Wildman–Crippen MR) is 66.1 cm³/mol. The molecule has 19 heavy (non-hydrogen) atoms. The van der Waals surface area contributed by atoms with Crippen molar-refractivity contribution in [3.05, 3.63) is 18.1 Å². The van der Waals surface area contributed by atoms with Gasteiger partial charge in [-0.3, -0.25) is 0 Å². The molecule has 0 aliphatic heterocycles. The predicted octanol–water partition coefficient (Wildman–Crippen LogP) is 2.76. The van der Waals surface area contributed by atoms with Gasteiger partial charge in [0.15, 0.2) is 0 Å². The van der Waals surface area contributed by atoms with Gasteiger partial charge in [0, 0.05) is 18.2 Å². The second-order valence-corrected chi connectivity index (χ2v) is 5.11. The van der Waals surface area contributed by atoms with E-state index in [0.29, 0.717) is 11.6 Å². The van der Waals surface area contributed by atoms with Gasteiger partial charge in [0.2, 0.25) is 0 Å². The zero-order valence-corrected chi connectivity index (χ0v) is 11.2. The average molecular weight is 277 g/mol. The summed E-state index contributed by atoms with van der Waals surface area (Å²) in [7, 11) is 0. The van der Waals surface area contributed by atoms with Gasteiger partial charge in [-0.25, -0.2) is 9.97 Å². The Labute approximate surface area is 110 Å². The van der Waals surface area contributed by atoms with E-state index < -0.39 is 12.8 Å². The Balaban J connectivity index is 2.38. The third-order valence-electron chi connectivity index (χ3n) is 2.14. The molecular weight excluding hydrogens is 259 g/mol. The number of aromatic nitrogens is 2. The summed E-state index contributed by atoms with van der Waals surface area (Å²) in [4.78, 5) is 8.45. The maximum Gasteiger partial charge on any atom is 0.411 e. The molecule has 1 N–H and O–H groups in total. The quantitative estimate of drug-likeness (QED) is 0.841. The molecule has 0 fully saturated rings. The molecule has 0 aromatic carbocycles. The van der Waals surface area contributed by atoms with Gasteiger partial charge < -0.3 is 10.1 Å². The highest BCUT2D eigenvalue weighted by Gasteiger charge is 2.27. The van der Waals surface area contributed by atoms with Gasteiger partial charge in [-0.15, -0.1) is 0 Å². The van der Waals surface area contributed by atoms with Crippen LogP contribution in [0.1, 0.15) is 26.6 Å². The molecule has 1 heterocycles. The Bertz CT molecular complexity index is 402. The molecule has 108 valence electrons. The van der Waals surface area contributed by atoms with Gasteiger partial charge in [0.05, 0.1) is 6.61 Å². The molecule has 0 unspecified atom stereocenters. The van der Waals surface area contributed by atoms with Gasteiger partial charge in [-0.2, -0.15) is 13.2 Å². The van der Waals surface area contributed by atoms with E-state index in [1.807, 2.05) is 20.8 Å². The molecule has 1 aromatic rings. The first-order valence-electron chi connectivity index (χ1n) is 5.90. The lowest BCUT2D eigenvalue weighted by Crippen LogP contribution is -2.21. The molecule has 1 aromatic heterocycles. The van der Waals surface area contributed by atoms with Crippen LogP contribution < -0.4 is 5.32 Å². The van der Waals surface area contributed by atoms with Crippen molar-refractivity contribution >= 4 is 5.82 Å². The maximum absolute atomic E-state index is 11.8. The number of nitrogens with zero attached hydrogens (tertiary/aromatic N) is 2. The van der Waals surface area contributed by atoms with Crippen LogP contribution in [-0.4, -0.2) is 35.9 Å². The van der Waals surface area contributed by atoms with Crippen LogP contribution in [0.15, 0.2) is 12.3 Å². The number of nitrogens with one attached hydrogen (secondary N) is 1. The van der Waals surface area contributed by atoms with Gasteiger partial charge >= 0.3 is 6.18 Å². The zero-order chi connectivity index (χ0) is 14.5. The Morgan fingerprint density at radius 2 is 1.95 bits per heavy atom. The summed E-state index contributed by atoms with van der Waals surface area (Å²) in [5.41, 5.74) is -0.176. The van der Waals surface area contributed by atoms with Crippen LogP contribution in [-0.2, 0) is 10.2 Å². The van der Waals surface area contributed by atoms with E-state index in [9.17, 15) is 13.2 Å². The molecule has 0 radical (unpaired) electrons. The molecule has 4 nitrogen and oxygen atoms in total. The number of halogens is 3. The van der Waals surface area contributed by atoms with Crippen molar-refractivity contribution in [3.8, 4) is 0 Å². The van der Waals surface area contributed by atoms with Crippen molar-refractivity contribution < 1.29 is 17.9 Å². The van der Waals surface area contributed by atoms with Crippen molar-refractivity contribution in [1.29, 1.82) is 0 Å². The molecule has 0 aliphatic rings. The normalized spacial score (nSPS) is 12.5.